The van der Waals surface area contributed by atoms with Crippen LogP contribution in [-0.4, -0.2) is 106 Å². The quantitative estimate of drug-likeness (QED) is 0.543. The average Bonchev–Trinajstić information content (AvgIpc) is 3.26. The van der Waals surface area contributed by atoms with Crippen molar-refractivity contribution in [3.63, 3.8) is 0 Å². The van der Waals surface area contributed by atoms with Gasteiger partial charge >= 0.3 is 0 Å². The van der Waals surface area contributed by atoms with Crippen LogP contribution < -0.4 is 19.5 Å². The van der Waals surface area contributed by atoms with Crippen LogP contribution in [0.2, 0.25) is 0 Å². The molecule has 182 valence electrons. The zero-order chi connectivity index (χ0) is 23.8. The highest BCUT2D eigenvalue weighted by Crippen LogP contribution is 2.38. The van der Waals surface area contributed by atoms with Crippen LogP contribution in [0.25, 0.3) is 0 Å². The summed E-state index contributed by atoms with van der Waals surface area (Å²) in [4.78, 5) is 43.5. The largest absolute Gasteiger partial charge is 0.493 e. The van der Waals surface area contributed by atoms with Crippen molar-refractivity contribution in [1.29, 1.82) is 0 Å². The summed E-state index contributed by atoms with van der Waals surface area (Å²) in [6.07, 6.45) is 2.04. The lowest BCUT2D eigenvalue weighted by molar-refractivity contribution is -0.132. The topological polar surface area (TPSA) is 101 Å². The Balaban J connectivity index is 1.78. The summed E-state index contributed by atoms with van der Waals surface area (Å²) in [5, 5.41) is 3.23. The first-order chi connectivity index (χ1) is 16.0. The Labute approximate surface area is 194 Å². The summed E-state index contributed by atoms with van der Waals surface area (Å²) in [7, 11) is 4.48. The summed E-state index contributed by atoms with van der Waals surface area (Å²) in [6, 6.07) is 3.19. The number of hydrogen-bond donors (Lipinski definition) is 1. The molecule has 33 heavy (non-hydrogen) atoms. The Hall–Kier alpha value is -3.01. The Morgan fingerprint density at radius 1 is 1.03 bits per heavy atom. The van der Waals surface area contributed by atoms with Crippen molar-refractivity contribution >= 4 is 17.7 Å². The van der Waals surface area contributed by atoms with Gasteiger partial charge in [-0.15, -0.1) is 0 Å². The van der Waals surface area contributed by atoms with E-state index in [1.807, 2.05) is 4.90 Å². The fourth-order valence-corrected chi connectivity index (χ4v) is 4.21. The monoisotopic (exact) mass is 462 g/mol. The summed E-state index contributed by atoms with van der Waals surface area (Å²) < 4.78 is 16.1. The van der Waals surface area contributed by atoms with Crippen LogP contribution in [0.4, 0.5) is 0 Å². The van der Waals surface area contributed by atoms with Crippen LogP contribution in [0.15, 0.2) is 12.1 Å². The molecule has 2 aliphatic heterocycles. The van der Waals surface area contributed by atoms with Crippen molar-refractivity contribution in [3.05, 3.63) is 17.7 Å². The number of benzene rings is 1. The highest BCUT2D eigenvalue weighted by molar-refractivity contribution is 5.97. The van der Waals surface area contributed by atoms with Crippen LogP contribution in [0.1, 0.15) is 29.6 Å². The van der Waals surface area contributed by atoms with E-state index in [2.05, 4.69) is 5.32 Å². The standard InChI is InChI=1S/C23H34N4O6/c1-31-18-14-17(15-19(32-2)22(18)33-3)23(30)27(11-5-10-25-9-4-6-20(25)28)16-21(29)26-12-7-24-8-13-26/h14-15,24H,4-13,16H2,1-3H3. The maximum absolute atomic E-state index is 13.5. The minimum absolute atomic E-state index is 0.0244. The van der Waals surface area contributed by atoms with Crippen LogP contribution in [-0.2, 0) is 9.59 Å². The number of ether oxygens (including phenoxy) is 3. The smallest absolute Gasteiger partial charge is 0.254 e. The molecule has 0 saturated carbocycles. The molecule has 2 saturated heterocycles. The maximum atomic E-state index is 13.5. The number of amides is 3. The van der Waals surface area contributed by atoms with Gasteiger partial charge in [-0.1, -0.05) is 0 Å². The number of nitrogens with zero attached hydrogens (tertiary/aromatic N) is 3. The normalized spacial score (nSPS) is 16.0. The molecule has 0 radical (unpaired) electrons. The zero-order valence-corrected chi connectivity index (χ0v) is 19.7. The number of hydrogen-bond acceptors (Lipinski definition) is 7. The lowest BCUT2D eigenvalue weighted by Crippen LogP contribution is -2.50. The number of rotatable bonds is 10. The number of piperazine rings is 1. The maximum Gasteiger partial charge on any atom is 0.254 e. The van der Waals surface area contributed by atoms with Crippen LogP contribution in [0.3, 0.4) is 0 Å². The minimum atomic E-state index is -0.300. The third-order valence-electron chi connectivity index (χ3n) is 6.02. The second-order valence-corrected chi connectivity index (χ2v) is 8.11. The molecule has 10 heteroatoms. The summed E-state index contributed by atoms with van der Waals surface area (Å²) in [5.41, 5.74) is 0.342. The predicted molar refractivity (Wildman–Crippen MR) is 122 cm³/mol. The van der Waals surface area contributed by atoms with Gasteiger partial charge in [-0.25, -0.2) is 0 Å². The van der Waals surface area contributed by atoms with Gasteiger partial charge in [0, 0.05) is 57.8 Å². The van der Waals surface area contributed by atoms with E-state index in [0.29, 0.717) is 61.8 Å². The molecule has 2 fully saturated rings. The molecule has 0 aromatic heterocycles. The molecule has 0 unspecified atom stereocenters. The molecular formula is C23H34N4O6. The number of methoxy groups -OCH3 is 3. The van der Waals surface area contributed by atoms with Crippen LogP contribution in [0.5, 0.6) is 17.2 Å². The summed E-state index contributed by atoms with van der Waals surface area (Å²) >= 11 is 0. The van der Waals surface area contributed by atoms with Gasteiger partial charge in [0.1, 0.15) is 6.54 Å². The molecule has 0 bridgehead atoms. The van der Waals surface area contributed by atoms with E-state index in [9.17, 15) is 14.4 Å². The predicted octanol–water partition coefficient (Wildman–Crippen LogP) is 0.599. The Morgan fingerprint density at radius 2 is 1.70 bits per heavy atom. The third-order valence-corrected chi connectivity index (χ3v) is 6.02. The van der Waals surface area contributed by atoms with Crippen molar-refractivity contribution < 1.29 is 28.6 Å². The fraction of sp³-hybridized carbons (Fsp3) is 0.609. The lowest BCUT2D eigenvalue weighted by atomic mass is 10.1. The van der Waals surface area contributed by atoms with Gasteiger partial charge in [-0.2, -0.15) is 0 Å². The van der Waals surface area contributed by atoms with E-state index in [-0.39, 0.29) is 24.3 Å². The van der Waals surface area contributed by atoms with Crippen molar-refractivity contribution in [3.8, 4) is 17.2 Å². The molecule has 1 aromatic carbocycles. The van der Waals surface area contributed by atoms with E-state index >= 15 is 0 Å². The van der Waals surface area contributed by atoms with Crippen LogP contribution >= 0.6 is 0 Å². The molecule has 0 atom stereocenters. The molecular weight excluding hydrogens is 428 g/mol. The molecule has 3 amide bonds. The first kappa shape index (κ1) is 24.6. The Morgan fingerprint density at radius 3 is 2.24 bits per heavy atom. The molecule has 0 aliphatic carbocycles. The van der Waals surface area contributed by atoms with Gasteiger partial charge in [0.2, 0.25) is 17.6 Å². The number of carbonyl (C=O) groups excluding carboxylic acids is 3. The molecule has 2 aliphatic rings. The van der Waals surface area contributed by atoms with E-state index in [1.54, 1.807) is 21.9 Å². The lowest BCUT2D eigenvalue weighted by Gasteiger charge is -2.31. The first-order valence-electron chi connectivity index (χ1n) is 11.3. The van der Waals surface area contributed by atoms with Gasteiger partial charge in [0.15, 0.2) is 11.5 Å². The molecule has 1 N–H and O–H groups in total. The van der Waals surface area contributed by atoms with Gasteiger partial charge in [0.05, 0.1) is 21.3 Å². The van der Waals surface area contributed by atoms with E-state index < -0.39 is 0 Å². The molecule has 2 heterocycles. The fourth-order valence-electron chi connectivity index (χ4n) is 4.21. The van der Waals surface area contributed by atoms with Crippen LogP contribution in [0, 0.1) is 0 Å². The Kier molecular flexibility index (Phi) is 8.76. The zero-order valence-electron chi connectivity index (χ0n) is 19.7. The third kappa shape index (κ3) is 6.07. The van der Waals surface area contributed by atoms with Gasteiger partial charge in [-0.3, -0.25) is 14.4 Å². The second kappa shape index (κ2) is 11.7. The highest BCUT2D eigenvalue weighted by atomic mass is 16.5. The first-order valence-corrected chi connectivity index (χ1v) is 11.3. The minimum Gasteiger partial charge on any atom is -0.493 e. The second-order valence-electron chi connectivity index (χ2n) is 8.11. The average molecular weight is 463 g/mol. The molecule has 0 spiro atoms. The summed E-state index contributed by atoms with van der Waals surface area (Å²) in [6.45, 7) is 4.37. The molecule has 3 rings (SSSR count). The van der Waals surface area contributed by atoms with Crippen molar-refractivity contribution in [2.24, 2.45) is 0 Å². The number of carbonyl (C=O) groups is 3. The van der Waals surface area contributed by atoms with Gasteiger partial charge in [0.25, 0.3) is 5.91 Å². The van der Waals surface area contributed by atoms with Crippen molar-refractivity contribution in [2.75, 3.05) is 73.7 Å². The number of nitrogens with one attached hydrogen (secondary N) is 1. The van der Waals surface area contributed by atoms with E-state index in [1.165, 1.54) is 21.3 Å². The number of likely N-dealkylation sites (tertiary alicyclic amines) is 1. The molecule has 10 nitrogen and oxygen atoms in total. The van der Waals surface area contributed by atoms with Crippen molar-refractivity contribution in [2.45, 2.75) is 19.3 Å². The summed E-state index contributed by atoms with van der Waals surface area (Å²) in [5.74, 6) is 0.898. The van der Waals surface area contributed by atoms with Gasteiger partial charge < -0.3 is 34.2 Å². The highest BCUT2D eigenvalue weighted by Gasteiger charge is 2.26. The Bertz CT molecular complexity index is 830. The van der Waals surface area contributed by atoms with E-state index in [4.69, 9.17) is 14.2 Å². The SMILES string of the molecule is COc1cc(C(=O)N(CCCN2CCCC2=O)CC(=O)N2CCNCC2)cc(OC)c1OC. The van der Waals surface area contributed by atoms with E-state index in [0.717, 1.165) is 26.1 Å². The van der Waals surface area contributed by atoms with Gasteiger partial charge in [-0.05, 0) is 25.0 Å². The molecule has 1 aromatic rings. The van der Waals surface area contributed by atoms with Crippen molar-refractivity contribution in [1.82, 2.24) is 20.0 Å².